The minimum atomic E-state index is -0.122. The van der Waals surface area contributed by atoms with E-state index in [0.717, 1.165) is 16.4 Å². The van der Waals surface area contributed by atoms with Gasteiger partial charge in [-0.1, -0.05) is 55.8 Å². The van der Waals surface area contributed by atoms with Crippen molar-refractivity contribution in [1.82, 2.24) is 9.78 Å². The molecule has 0 saturated heterocycles. The summed E-state index contributed by atoms with van der Waals surface area (Å²) in [5, 5.41) is 5.08. The van der Waals surface area contributed by atoms with Gasteiger partial charge in [0.1, 0.15) is 0 Å². The van der Waals surface area contributed by atoms with Crippen LogP contribution in [0.2, 0.25) is 5.02 Å². The predicted molar refractivity (Wildman–Crippen MR) is 84.1 cm³/mol. The van der Waals surface area contributed by atoms with Gasteiger partial charge >= 0.3 is 0 Å². The number of rotatable bonds is 4. The predicted octanol–water partition coefficient (Wildman–Crippen LogP) is 3.23. The third-order valence-electron chi connectivity index (χ3n) is 4.12. The Labute approximate surface area is 125 Å². The van der Waals surface area contributed by atoms with Crippen molar-refractivity contribution in [3.05, 3.63) is 52.3 Å². The Morgan fingerprint density at radius 3 is 2.40 bits per heavy atom. The van der Waals surface area contributed by atoms with E-state index in [9.17, 15) is 0 Å². The maximum absolute atomic E-state index is 6.46. The summed E-state index contributed by atoms with van der Waals surface area (Å²) in [7, 11) is 1.91. The van der Waals surface area contributed by atoms with Gasteiger partial charge in [-0.05, 0) is 12.5 Å². The second-order valence-electron chi connectivity index (χ2n) is 5.87. The van der Waals surface area contributed by atoms with E-state index in [1.54, 1.807) is 0 Å². The molecule has 3 nitrogen and oxygen atoms in total. The minimum absolute atomic E-state index is 0.0304. The highest BCUT2D eigenvalue weighted by molar-refractivity contribution is 6.31. The Bertz CT molecular complexity index is 587. The molecule has 4 heteroatoms. The van der Waals surface area contributed by atoms with Gasteiger partial charge < -0.3 is 5.73 Å². The van der Waals surface area contributed by atoms with Gasteiger partial charge in [-0.3, -0.25) is 4.68 Å². The van der Waals surface area contributed by atoms with E-state index in [2.05, 4.69) is 31.1 Å². The molecule has 2 rings (SSSR count). The van der Waals surface area contributed by atoms with Crippen LogP contribution in [0.1, 0.15) is 30.8 Å². The van der Waals surface area contributed by atoms with E-state index < -0.39 is 0 Å². The zero-order chi connectivity index (χ0) is 14.9. The van der Waals surface area contributed by atoms with Gasteiger partial charge in [0.25, 0.3) is 0 Å². The average molecular weight is 292 g/mol. The SMILES string of the molecule is Cc1nn(C)c(CC(N)C(C)(C)c2ccccc2)c1Cl. The number of hydrogen-bond donors (Lipinski definition) is 1. The van der Waals surface area contributed by atoms with Crippen LogP contribution >= 0.6 is 11.6 Å². The van der Waals surface area contributed by atoms with Crippen molar-refractivity contribution in [3.8, 4) is 0 Å². The molecule has 1 unspecified atom stereocenters. The van der Waals surface area contributed by atoms with Crippen LogP contribution in [0, 0.1) is 6.92 Å². The first-order valence-electron chi connectivity index (χ1n) is 6.83. The van der Waals surface area contributed by atoms with Crippen LogP contribution < -0.4 is 5.73 Å². The molecule has 0 bridgehead atoms. The number of benzene rings is 1. The van der Waals surface area contributed by atoms with Crippen LogP contribution in [-0.2, 0) is 18.9 Å². The molecule has 0 aliphatic rings. The van der Waals surface area contributed by atoms with Gasteiger partial charge in [-0.25, -0.2) is 0 Å². The molecule has 0 amide bonds. The Hall–Kier alpha value is -1.32. The van der Waals surface area contributed by atoms with Crippen LogP contribution in [0.4, 0.5) is 0 Å². The summed E-state index contributed by atoms with van der Waals surface area (Å²) < 4.78 is 1.83. The van der Waals surface area contributed by atoms with Crippen molar-refractivity contribution in [2.75, 3.05) is 0 Å². The van der Waals surface area contributed by atoms with E-state index in [1.165, 1.54) is 5.56 Å². The smallest absolute Gasteiger partial charge is 0.0847 e. The lowest BCUT2D eigenvalue weighted by Crippen LogP contribution is -2.42. The molecular formula is C16H22ClN3. The van der Waals surface area contributed by atoms with Crippen molar-refractivity contribution in [2.45, 2.75) is 38.6 Å². The second kappa shape index (κ2) is 5.58. The number of aromatic nitrogens is 2. The highest BCUT2D eigenvalue weighted by Crippen LogP contribution is 2.29. The van der Waals surface area contributed by atoms with E-state index >= 15 is 0 Å². The van der Waals surface area contributed by atoms with E-state index in [4.69, 9.17) is 17.3 Å². The van der Waals surface area contributed by atoms with Crippen molar-refractivity contribution < 1.29 is 0 Å². The summed E-state index contributed by atoms with van der Waals surface area (Å²) in [6.07, 6.45) is 0.706. The molecule has 2 aromatic rings. The van der Waals surface area contributed by atoms with Crippen molar-refractivity contribution in [1.29, 1.82) is 0 Å². The molecule has 1 atom stereocenters. The quantitative estimate of drug-likeness (QED) is 0.940. The summed E-state index contributed by atoms with van der Waals surface area (Å²) in [5.41, 5.74) is 9.44. The van der Waals surface area contributed by atoms with E-state index in [1.807, 2.05) is 36.9 Å². The van der Waals surface area contributed by atoms with Gasteiger partial charge in [0.15, 0.2) is 0 Å². The first-order valence-corrected chi connectivity index (χ1v) is 7.21. The fourth-order valence-electron chi connectivity index (χ4n) is 2.45. The fraction of sp³-hybridized carbons (Fsp3) is 0.438. The second-order valence-corrected chi connectivity index (χ2v) is 6.25. The Kier molecular flexibility index (Phi) is 4.21. The third kappa shape index (κ3) is 2.74. The zero-order valence-corrected chi connectivity index (χ0v) is 13.3. The van der Waals surface area contributed by atoms with Crippen molar-refractivity contribution >= 4 is 11.6 Å². The Balaban J connectivity index is 2.25. The number of halogens is 1. The van der Waals surface area contributed by atoms with E-state index in [0.29, 0.717) is 6.42 Å². The van der Waals surface area contributed by atoms with Gasteiger partial charge in [0, 0.05) is 24.9 Å². The highest BCUT2D eigenvalue weighted by Gasteiger charge is 2.30. The van der Waals surface area contributed by atoms with Crippen LogP contribution in [-0.4, -0.2) is 15.8 Å². The van der Waals surface area contributed by atoms with Gasteiger partial charge in [-0.2, -0.15) is 5.10 Å². The molecule has 2 N–H and O–H groups in total. The van der Waals surface area contributed by atoms with Crippen molar-refractivity contribution in [2.24, 2.45) is 12.8 Å². The van der Waals surface area contributed by atoms with Crippen molar-refractivity contribution in [3.63, 3.8) is 0 Å². The summed E-state index contributed by atoms with van der Waals surface area (Å²) >= 11 is 6.32. The summed E-state index contributed by atoms with van der Waals surface area (Å²) in [5.74, 6) is 0. The van der Waals surface area contributed by atoms with Crippen LogP contribution in [0.25, 0.3) is 0 Å². The maximum atomic E-state index is 6.46. The molecule has 1 aromatic heterocycles. The fourth-order valence-corrected chi connectivity index (χ4v) is 2.68. The number of aryl methyl sites for hydroxylation is 2. The first-order chi connectivity index (χ1) is 9.34. The lowest BCUT2D eigenvalue weighted by atomic mass is 9.76. The Morgan fingerprint density at radius 1 is 1.30 bits per heavy atom. The summed E-state index contributed by atoms with van der Waals surface area (Å²) in [4.78, 5) is 0. The summed E-state index contributed by atoms with van der Waals surface area (Å²) in [6.45, 7) is 6.26. The lowest BCUT2D eigenvalue weighted by molar-refractivity contribution is 0.399. The molecule has 0 fully saturated rings. The van der Waals surface area contributed by atoms with Crippen LogP contribution in [0.15, 0.2) is 30.3 Å². The molecule has 0 spiro atoms. The standard InChI is InChI=1S/C16H22ClN3/c1-11-15(17)13(20(4)19-11)10-14(18)16(2,3)12-8-6-5-7-9-12/h5-9,14H,10,18H2,1-4H3. The largest absolute Gasteiger partial charge is 0.327 e. The topological polar surface area (TPSA) is 43.8 Å². The number of hydrogen-bond acceptors (Lipinski definition) is 2. The molecule has 0 aliphatic carbocycles. The van der Waals surface area contributed by atoms with Gasteiger partial charge in [-0.15, -0.1) is 0 Å². The Morgan fingerprint density at radius 2 is 1.90 bits per heavy atom. The van der Waals surface area contributed by atoms with Gasteiger partial charge in [0.2, 0.25) is 0 Å². The summed E-state index contributed by atoms with van der Waals surface area (Å²) in [6, 6.07) is 10.3. The minimum Gasteiger partial charge on any atom is -0.327 e. The van der Waals surface area contributed by atoms with Crippen LogP contribution in [0.5, 0.6) is 0 Å². The lowest BCUT2D eigenvalue weighted by Gasteiger charge is -2.32. The maximum Gasteiger partial charge on any atom is 0.0847 e. The molecule has 108 valence electrons. The molecule has 1 aromatic carbocycles. The first kappa shape index (κ1) is 15.1. The normalized spacial score (nSPS) is 13.5. The average Bonchev–Trinajstić information content (AvgIpc) is 2.66. The number of nitrogens with zero attached hydrogens (tertiary/aromatic N) is 2. The van der Waals surface area contributed by atoms with Gasteiger partial charge in [0.05, 0.1) is 16.4 Å². The molecule has 1 heterocycles. The molecule has 20 heavy (non-hydrogen) atoms. The highest BCUT2D eigenvalue weighted by atomic mass is 35.5. The molecule has 0 saturated carbocycles. The molecule has 0 aliphatic heterocycles. The third-order valence-corrected chi connectivity index (χ3v) is 4.61. The molecule has 0 radical (unpaired) electrons. The van der Waals surface area contributed by atoms with Crippen LogP contribution in [0.3, 0.4) is 0 Å². The number of nitrogens with two attached hydrogens (primary N) is 1. The molecular weight excluding hydrogens is 270 g/mol. The zero-order valence-electron chi connectivity index (χ0n) is 12.5. The monoisotopic (exact) mass is 291 g/mol. The van der Waals surface area contributed by atoms with E-state index in [-0.39, 0.29) is 11.5 Å².